The second-order valence-corrected chi connectivity index (χ2v) is 24.7. The van der Waals surface area contributed by atoms with Crippen molar-refractivity contribution in [3.05, 3.63) is 186 Å². The number of aromatic nitrogens is 4. The number of aliphatic imine (C=N–C) groups is 1. The molecule has 366 valence electrons. The first-order valence-electron chi connectivity index (χ1n) is 23.6. The predicted molar refractivity (Wildman–Crippen MR) is 280 cm³/mol. The van der Waals surface area contributed by atoms with Crippen molar-refractivity contribution in [3.8, 4) is 21.8 Å². The second kappa shape index (κ2) is 21.0. The fourth-order valence-electron chi connectivity index (χ4n) is 9.51. The number of benzene rings is 5. The van der Waals surface area contributed by atoms with Gasteiger partial charge in [0.2, 0.25) is 0 Å². The zero-order chi connectivity index (χ0) is 50.6. The normalized spacial score (nSPS) is 13.3. The Bertz CT molecular complexity index is 3040. The molecule has 8 rings (SSSR count). The number of rotatable bonds is 18. The Kier molecular flexibility index (Phi) is 15.0. The van der Waals surface area contributed by atoms with Crippen molar-refractivity contribution in [2.45, 2.75) is 84.3 Å². The van der Waals surface area contributed by atoms with Crippen LogP contribution in [0.5, 0.6) is 0 Å². The molecule has 0 saturated carbocycles. The summed E-state index contributed by atoms with van der Waals surface area (Å²) in [6.07, 6.45) is -3.25. The van der Waals surface area contributed by atoms with Crippen molar-refractivity contribution in [1.82, 2.24) is 18.9 Å². The van der Waals surface area contributed by atoms with E-state index in [0.717, 1.165) is 33.0 Å². The molecule has 0 fully saturated rings. The summed E-state index contributed by atoms with van der Waals surface area (Å²) >= 11 is 1.10. The van der Waals surface area contributed by atoms with Gasteiger partial charge in [-0.25, -0.2) is 9.78 Å². The van der Waals surface area contributed by atoms with Crippen molar-refractivity contribution in [3.63, 3.8) is 0 Å². The van der Waals surface area contributed by atoms with E-state index in [4.69, 9.17) is 19.1 Å². The van der Waals surface area contributed by atoms with Crippen LogP contribution in [0.3, 0.4) is 0 Å². The Morgan fingerprint density at radius 2 is 1.38 bits per heavy atom. The highest BCUT2D eigenvalue weighted by Gasteiger charge is 2.51. The Balaban J connectivity index is 1.24. The summed E-state index contributed by atoms with van der Waals surface area (Å²) in [6.45, 7) is 11.7. The van der Waals surface area contributed by atoms with Gasteiger partial charge in [-0.3, -0.25) is 9.98 Å². The first kappa shape index (κ1) is 50.8. The van der Waals surface area contributed by atoms with Crippen LogP contribution in [0.25, 0.3) is 32.7 Å². The van der Waals surface area contributed by atoms with Gasteiger partial charge >= 0.3 is 12.1 Å². The summed E-state index contributed by atoms with van der Waals surface area (Å²) in [4.78, 5) is 27.2. The number of carboxylic acid groups (broad SMARTS) is 1. The van der Waals surface area contributed by atoms with Crippen LogP contribution in [0.4, 0.5) is 13.2 Å². The Labute approximate surface area is 418 Å². The van der Waals surface area contributed by atoms with E-state index in [0.29, 0.717) is 62.7 Å². The van der Waals surface area contributed by atoms with Gasteiger partial charge in [0.15, 0.2) is 6.04 Å². The van der Waals surface area contributed by atoms with E-state index in [2.05, 4.69) is 68.2 Å². The molecule has 0 saturated heterocycles. The third kappa shape index (κ3) is 11.2. The standard InChI is InChI=1S/C57H58F3N5O4SSi/c1-38(68-7)50-44(29-20-32-61-50)52-46(35-56(5,6)37-69-71(55(2,3)4,42-25-16-10-17-26-42)43-27-18-11-19-28-43)45-33-41(30-31-48(45)65(52)36-57(58,59)60)53-63-49(64-70-53)34-47(54(66)67)62-51(39-21-12-8-13-22-39)40-23-14-9-15-24-40/h8-33,38,47H,34-37H2,1-7H3,(H,66,67)/t38-,47-/m0/s1. The average molecular weight is 994 g/mol. The largest absolute Gasteiger partial charge is 0.480 e. The van der Waals surface area contributed by atoms with Crippen LogP contribution in [0, 0.1) is 5.41 Å². The predicted octanol–water partition coefficient (Wildman–Crippen LogP) is 12.2. The van der Waals surface area contributed by atoms with Crippen molar-refractivity contribution in [1.29, 1.82) is 0 Å². The molecular weight excluding hydrogens is 936 g/mol. The molecule has 3 aromatic heterocycles. The maximum atomic E-state index is 15.0. The Hall–Kier alpha value is -6.58. The van der Waals surface area contributed by atoms with Crippen molar-refractivity contribution >= 4 is 52.8 Å². The molecule has 5 aromatic carbocycles. The fraction of sp³-hybridized carbons (Fsp3) is 0.281. The molecule has 71 heavy (non-hydrogen) atoms. The summed E-state index contributed by atoms with van der Waals surface area (Å²) in [5, 5.41) is 13.5. The quantitative estimate of drug-likeness (QED) is 0.0673. The number of alkyl halides is 3. The van der Waals surface area contributed by atoms with Gasteiger partial charge in [0, 0.05) is 59.5 Å². The molecule has 0 aliphatic heterocycles. The van der Waals surface area contributed by atoms with Crippen LogP contribution in [-0.2, 0) is 33.3 Å². The maximum Gasteiger partial charge on any atom is 0.406 e. The molecule has 0 amide bonds. The summed E-state index contributed by atoms with van der Waals surface area (Å²) < 4.78 is 64.1. The summed E-state index contributed by atoms with van der Waals surface area (Å²) in [5.74, 6) is -0.846. The lowest BCUT2D eigenvalue weighted by Crippen LogP contribution is -2.67. The van der Waals surface area contributed by atoms with Crippen LogP contribution in [0.15, 0.2) is 163 Å². The highest BCUT2D eigenvalue weighted by Crippen LogP contribution is 2.44. The SMILES string of the molecule is CO[C@@H](C)c1ncccc1-c1c(CC(C)(C)CO[Si](c2ccccc2)(c2ccccc2)C(C)(C)C)c2cc(-c3nc(C[C@H](N=C(c4ccccc4)c4ccccc4)C(=O)O)ns3)ccc2n1CC(F)(F)F. The lowest BCUT2D eigenvalue weighted by Gasteiger charge is -2.44. The van der Waals surface area contributed by atoms with Crippen molar-refractivity contribution in [2.24, 2.45) is 10.4 Å². The third-order valence-corrected chi connectivity index (χ3v) is 18.6. The van der Waals surface area contributed by atoms with Gasteiger partial charge in [0.25, 0.3) is 8.32 Å². The van der Waals surface area contributed by atoms with Gasteiger partial charge in [0.1, 0.15) is 17.4 Å². The minimum absolute atomic E-state index is 0.0877. The molecule has 0 bridgehead atoms. The zero-order valence-electron chi connectivity index (χ0n) is 40.9. The molecule has 3 heterocycles. The van der Waals surface area contributed by atoms with Gasteiger partial charge in [-0.1, -0.05) is 156 Å². The monoisotopic (exact) mass is 993 g/mol. The molecule has 9 nitrogen and oxygen atoms in total. The van der Waals surface area contributed by atoms with E-state index in [9.17, 15) is 23.1 Å². The number of pyridine rings is 1. The zero-order valence-corrected chi connectivity index (χ0v) is 42.8. The van der Waals surface area contributed by atoms with Crippen LogP contribution >= 0.6 is 11.5 Å². The molecule has 0 spiro atoms. The van der Waals surface area contributed by atoms with E-state index in [-0.39, 0.29) is 17.3 Å². The van der Waals surface area contributed by atoms with Gasteiger partial charge in [-0.2, -0.15) is 17.5 Å². The Morgan fingerprint density at radius 1 is 0.803 bits per heavy atom. The lowest BCUT2D eigenvalue weighted by molar-refractivity contribution is -0.140. The fourth-order valence-corrected chi connectivity index (χ4v) is 15.0. The van der Waals surface area contributed by atoms with E-state index < -0.39 is 44.6 Å². The number of carboxylic acids is 1. The van der Waals surface area contributed by atoms with E-state index in [1.165, 1.54) is 4.57 Å². The van der Waals surface area contributed by atoms with E-state index >= 15 is 0 Å². The van der Waals surface area contributed by atoms with Gasteiger partial charge < -0.3 is 18.8 Å². The summed E-state index contributed by atoms with van der Waals surface area (Å²) in [7, 11) is -1.46. The van der Waals surface area contributed by atoms with Crippen LogP contribution < -0.4 is 10.4 Å². The number of carbonyl (C=O) groups is 1. The number of hydrogen-bond donors (Lipinski definition) is 1. The molecule has 0 radical (unpaired) electrons. The van der Waals surface area contributed by atoms with Gasteiger partial charge in [-0.05, 0) is 81.6 Å². The molecule has 0 aliphatic rings. The molecule has 8 aromatic rings. The first-order valence-corrected chi connectivity index (χ1v) is 26.3. The lowest BCUT2D eigenvalue weighted by atomic mass is 9.84. The second-order valence-electron chi connectivity index (χ2n) is 19.7. The minimum atomic E-state index is -4.58. The molecule has 0 aliphatic carbocycles. The van der Waals surface area contributed by atoms with Crippen molar-refractivity contribution < 1.29 is 32.2 Å². The van der Waals surface area contributed by atoms with Gasteiger partial charge in [-0.15, -0.1) is 0 Å². The van der Waals surface area contributed by atoms with Crippen molar-refractivity contribution in [2.75, 3.05) is 13.7 Å². The molecule has 14 heteroatoms. The summed E-state index contributed by atoms with van der Waals surface area (Å²) in [5.41, 5.74) is 4.58. The van der Waals surface area contributed by atoms with E-state index in [1.807, 2.05) is 116 Å². The van der Waals surface area contributed by atoms with Crippen LogP contribution in [0.2, 0.25) is 5.04 Å². The van der Waals surface area contributed by atoms with E-state index in [1.54, 1.807) is 31.5 Å². The highest BCUT2D eigenvalue weighted by molar-refractivity contribution is 7.09. The topological polar surface area (TPSA) is 112 Å². The van der Waals surface area contributed by atoms with Crippen LogP contribution in [-0.4, -0.2) is 69.9 Å². The number of methoxy groups -OCH3 is 1. The Morgan fingerprint density at radius 3 is 1.92 bits per heavy atom. The smallest absolute Gasteiger partial charge is 0.406 e. The number of nitrogens with zero attached hydrogens (tertiary/aromatic N) is 5. The third-order valence-electron chi connectivity index (χ3n) is 12.8. The number of ether oxygens (including phenoxy) is 1. The summed E-state index contributed by atoms with van der Waals surface area (Å²) in [6, 6.07) is 47.3. The average Bonchev–Trinajstić information content (AvgIpc) is 3.94. The molecule has 2 atom stereocenters. The number of aliphatic carboxylic acids is 1. The molecular formula is C57H58F3N5O4SSi. The van der Waals surface area contributed by atoms with Crippen LogP contribution in [0.1, 0.15) is 75.9 Å². The minimum Gasteiger partial charge on any atom is -0.480 e. The first-order chi connectivity index (χ1) is 33.9. The van der Waals surface area contributed by atoms with Gasteiger partial charge in [0.05, 0.1) is 23.2 Å². The number of fused-ring (bicyclic) bond motifs is 1. The highest BCUT2D eigenvalue weighted by atomic mass is 32.1. The number of halogens is 3. The molecule has 1 N–H and O–H groups in total. The number of hydrogen-bond acceptors (Lipinski definition) is 8. The maximum absolute atomic E-state index is 15.0. The molecule has 0 unspecified atom stereocenters.